The molecule has 2 N–H and O–H groups in total. The molecule has 4 nitrogen and oxygen atoms in total. The number of benzene rings is 1. The zero-order chi connectivity index (χ0) is 17.6. The quantitative estimate of drug-likeness (QED) is 0.821. The molecule has 0 spiro atoms. The summed E-state index contributed by atoms with van der Waals surface area (Å²) < 4.78 is 13.6. The summed E-state index contributed by atoms with van der Waals surface area (Å²) in [5.41, 5.74) is 1.45. The second kappa shape index (κ2) is 10.2. The van der Waals surface area contributed by atoms with Crippen molar-refractivity contribution in [2.45, 2.75) is 39.2 Å². The number of piperidine rings is 2. The zero-order valence-corrected chi connectivity index (χ0v) is 16.4. The van der Waals surface area contributed by atoms with Crippen molar-refractivity contribution in [2.24, 2.45) is 11.8 Å². The molecule has 0 aliphatic carbocycles. The van der Waals surface area contributed by atoms with Crippen LogP contribution >= 0.6 is 12.4 Å². The fourth-order valence-corrected chi connectivity index (χ4v) is 3.90. The maximum atomic E-state index is 13.6. The lowest BCUT2D eigenvalue weighted by Crippen LogP contribution is -2.44. The van der Waals surface area contributed by atoms with Gasteiger partial charge >= 0.3 is 0 Å². The molecule has 1 amide bonds. The molecular weight excluding hydrogens is 353 g/mol. The van der Waals surface area contributed by atoms with E-state index in [1.54, 1.807) is 13.0 Å². The van der Waals surface area contributed by atoms with Gasteiger partial charge in [0.1, 0.15) is 5.82 Å². The fourth-order valence-electron chi connectivity index (χ4n) is 3.90. The summed E-state index contributed by atoms with van der Waals surface area (Å²) in [5, 5.41) is 6.45. The Labute approximate surface area is 162 Å². The van der Waals surface area contributed by atoms with Crippen molar-refractivity contribution in [3.05, 3.63) is 35.1 Å². The summed E-state index contributed by atoms with van der Waals surface area (Å²) in [7, 11) is 0. The Hall–Kier alpha value is -1.17. The average Bonchev–Trinajstić information content (AvgIpc) is 2.64. The molecule has 26 heavy (non-hydrogen) atoms. The van der Waals surface area contributed by atoms with E-state index >= 15 is 0 Å². The van der Waals surface area contributed by atoms with E-state index in [9.17, 15) is 9.18 Å². The zero-order valence-electron chi connectivity index (χ0n) is 15.6. The van der Waals surface area contributed by atoms with Crippen molar-refractivity contribution < 1.29 is 9.18 Å². The van der Waals surface area contributed by atoms with Crippen LogP contribution in [-0.4, -0.2) is 43.5 Å². The monoisotopic (exact) mass is 383 g/mol. The highest BCUT2D eigenvalue weighted by molar-refractivity contribution is 5.85. The van der Waals surface area contributed by atoms with E-state index in [0.717, 1.165) is 57.0 Å². The van der Waals surface area contributed by atoms with Crippen LogP contribution in [0.25, 0.3) is 0 Å². The third kappa shape index (κ3) is 5.93. The Morgan fingerprint density at radius 3 is 2.73 bits per heavy atom. The maximum absolute atomic E-state index is 13.6. The van der Waals surface area contributed by atoms with Crippen molar-refractivity contribution in [1.82, 2.24) is 15.5 Å². The number of nitrogens with one attached hydrogen (secondary N) is 2. The molecule has 2 heterocycles. The van der Waals surface area contributed by atoms with Gasteiger partial charge in [-0.05, 0) is 81.9 Å². The first-order valence-electron chi connectivity index (χ1n) is 9.57. The predicted octanol–water partition coefficient (Wildman–Crippen LogP) is 2.88. The minimum atomic E-state index is -0.211. The number of carbonyl (C=O) groups excluding carboxylic acids is 1. The van der Waals surface area contributed by atoms with E-state index in [2.05, 4.69) is 15.5 Å². The first-order chi connectivity index (χ1) is 12.1. The van der Waals surface area contributed by atoms with Crippen molar-refractivity contribution in [1.29, 1.82) is 0 Å². The summed E-state index contributed by atoms with van der Waals surface area (Å²) in [6, 6.07) is 5.14. The number of halogens is 2. The number of carbonyl (C=O) groups is 1. The Balaban J connectivity index is 0.00000243. The molecule has 6 heteroatoms. The summed E-state index contributed by atoms with van der Waals surface area (Å²) in [4.78, 5) is 14.9. The Morgan fingerprint density at radius 1 is 1.31 bits per heavy atom. The molecule has 2 saturated heterocycles. The van der Waals surface area contributed by atoms with Crippen molar-refractivity contribution in [3.8, 4) is 0 Å². The predicted molar refractivity (Wildman–Crippen MR) is 105 cm³/mol. The second-order valence-electron chi connectivity index (χ2n) is 7.59. The number of rotatable bonds is 5. The summed E-state index contributed by atoms with van der Waals surface area (Å²) in [6.07, 6.45) is 4.45. The summed E-state index contributed by atoms with van der Waals surface area (Å²) in [6.45, 7) is 7.61. The highest BCUT2D eigenvalue weighted by Gasteiger charge is 2.26. The molecule has 0 aromatic heterocycles. The Kier molecular flexibility index (Phi) is 8.32. The minimum Gasteiger partial charge on any atom is -0.352 e. The molecule has 1 aromatic carbocycles. The van der Waals surface area contributed by atoms with E-state index in [0.29, 0.717) is 12.1 Å². The number of amides is 1. The van der Waals surface area contributed by atoms with Gasteiger partial charge in [0.05, 0.1) is 0 Å². The lowest BCUT2D eigenvalue weighted by Gasteiger charge is -2.35. The van der Waals surface area contributed by atoms with Crippen LogP contribution in [0.1, 0.15) is 36.8 Å². The van der Waals surface area contributed by atoms with Crippen LogP contribution in [0.5, 0.6) is 0 Å². The van der Waals surface area contributed by atoms with Gasteiger partial charge in [0.25, 0.3) is 0 Å². The SMILES string of the molecule is Cc1ccc(CNC(=O)C2CCN(CC3CCCNC3)CC2)cc1F.Cl. The minimum absolute atomic E-state index is 0. The third-order valence-electron chi connectivity index (χ3n) is 5.58. The van der Waals surface area contributed by atoms with Crippen LogP contribution in [0, 0.1) is 24.6 Å². The number of hydrogen-bond acceptors (Lipinski definition) is 3. The first kappa shape index (κ1) is 21.1. The smallest absolute Gasteiger partial charge is 0.223 e. The molecule has 1 atom stereocenters. The Bertz CT molecular complexity index is 584. The second-order valence-corrected chi connectivity index (χ2v) is 7.59. The highest BCUT2D eigenvalue weighted by Crippen LogP contribution is 2.20. The standard InChI is InChI=1S/C20H30FN3O.ClH/c1-15-4-5-16(11-19(15)21)13-23-20(25)18-6-9-24(10-7-18)14-17-3-2-8-22-12-17;/h4-5,11,17-18,22H,2-3,6-10,12-14H2,1H3,(H,23,25);1H. The van der Waals surface area contributed by atoms with Gasteiger partial charge in [-0.1, -0.05) is 12.1 Å². The largest absolute Gasteiger partial charge is 0.352 e. The van der Waals surface area contributed by atoms with E-state index in [-0.39, 0.29) is 30.0 Å². The van der Waals surface area contributed by atoms with Crippen LogP contribution in [0.3, 0.4) is 0 Å². The van der Waals surface area contributed by atoms with Gasteiger partial charge in [0, 0.05) is 19.0 Å². The molecule has 3 rings (SSSR count). The normalized spacial score (nSPS) is 21.8. The van der Waals surface area contributed by atoms with Crippen molar-refractivity contribution in [3.63, 3.8) is 0 Å². The van der Waals surface area contributed by atoms with Gasteiger partial charge in [-0.2, -0.15) is 0 Å². The number of hydrogen-bond donors (Lipinski definition) is 2. The lowest BCUT2D eigenvalue weighted by atomic mass is 9.93. The van der Waals surface area contributed by atoms with Gasteiger partial charge in [-0.25, -0.2) is 4.39 Å². The lowest BCUT2D eigenvalue weighted by molar-refractivity contribution is -0.126. The number of nitrogens with zero attached hydrogens (tertiary/aromatic N) is 1. The van der Waals surface area contributed by atoms with E-state index in [4.69, 9.17) is 0 Å². The van der Waals surface area contributed by atoms with Crippen LogP contribution in [0.2, 0.25) is 0 Å². The summed E-state index contributed by atoms with van der Waals surface area (Å²) in [5.74, 6) is 0.754. The average molecular weight is 384 g/mol. The molecule has 2 fully saturated rings. The van der Waals surface area contributed by atoms with Gasteiger partial charge in [-0.15, -0.1) is 12.4 Å². The van der Waals surface area contributed by atoms with Gasteiger partial charge in [-0.3, -0.25) is 4.79 Å². The number of aryl methyl sites for hydroxylation is 1. The molecular formula is C20H31ClFN3O. The molecule has 1 unspecified atom stereocenters. The molecule has 0 radical (unpaired) electrons. The summed E-state index contributed by atoms with van der Waals surface area (Å²) >= 11 is 0. The maximum Gasteiger partial charge on any atom is 0.223 e. The number of likely N-dealkylation sites (tertiary alicyclic amines) is 1. The molecule has 2 aliphatic rings. The van der Waals surface area contributed by atoms with Gasteiger partial charge in [0.15, 0.2) is 0 Å². The van der Waals surface area contributed by atoms with E-state index in [1.807, 2.05) is 6.07 Å². The van der Waals surface area contributed by atoms with E-state index < -0.39 is 0 Å². The molecule has 1 aromatic rings. The third-order valence-corrected chi connectivity index (χ3v) is 5.58. The Morgan fingerprint density at radius 2 is 2.08 bits per heavy atom. The highest BCUT2D eigenvalue weighted by atomic mass is 35.5. The van der Waals surface area contributed by atoms with Crippen molar-refractivity contribution in [2.75, 3.05) is 32.7 Å². The first-order valence-corrected chi connectivity index (χ1v) is 9.57. The van der Waals surface area contributed by atoms with Gasteiger partial charge < -0.3 is 15.5 Å². The fraction of sp³-hybridized carbons (Fsp3) is 0.650. The molecule has 2 aliphatic heterocycles. The van der Waals surface area contributed by atoms with Crippen LogP contribution < -0.4 is 10.6 Å². The topological polar surface area (TPSA) is 44.4 Å². The van der Waals surface area contributed by atoms with Crippen LogP contribution in [-0.2, 0) is 11.3 Å². The molecule has 0 saturated carbocycles. The van der Waals surface area contributed by atoms with Crippen LogP contribution in [0.4, 0.5) is 4.39 Å². The van der Waals surface area contributed by atoms with E-state index in [1.165, 1.54) is 18.9 Å². The van der Waals surface area contributed by atoms with Gasteiger partial charge in [0.2, 0.25) is 5.91 Å². The van der Waals surface area contributed by atoms with Crippen molar-refractivity contribution >= 4 is 18.3 Å². The van der Waals surface area contributed by atoms with Crippen LogP contribution in [0.15, 0.2) is 18.2 Å². The molecule has 146 valence electrons. The molecule has 0 bridgehead atoms.